The molecule has 66 valence electrons. The van der Waals surface area contributed by atoms with Crippen molar-refractivity contribution in [3.63, 3.8) is 0 Å². The predicted molar refractivity (Wildman–Crippen MR) is 49.2 cm³/mol. The van der Waals surface area contributed by atoms with Crippen LogP contribution in [0.15, 0.2) is 6.33 Å². The van der Waals surface area contributed by atoms with Gasteiger partial charge in [-0.1, -0.05) is 0 Å². The predicted octanol–water partition coefficient (Wildman–Crippen LogP) is 1.06. The van der Waals surface area contributed by atoms with Crippen LogP contribution in [0.3, 0.4) is 0 Å². The summed E-state index contributed by atoms with van der Waals surface area (Å²) in [5.74, 6) is 0. The summed E-state index contributed by atoms with van der Waals surface area (Å²) < 4.78 is 2.62. The van der Waals surface area contributed by atoms with Crippen LogP contribution in [0.25, 0.3) is 0 Å². The van der Waals surface area contributed by atoms with Crippen LogP contribution in [0.5, 0.6) is 0 Å². The smallest absolute Gasteiger partial charge is 0.214 e. The van der Waals surface area contributed by atoms with Gasteiger partial charge < -0.3 is 5.01 Å². The topological polar surface area (TPSA) is 36.9 Å². The molecule has 0 aromatic carbocycles. The maximum absolute atomic E-state index is 5.07. The summed E-state index contributed by atoms with van der Waals surface area (Å²) in [5, 5.41) is 8.87. The largest absolute Gasteiger partial charge is 0.309 e. The molecule has 0 radical (unpaired) electrons. The van der Waals surface area contributed by atoms with Crippen molar-refractivity contribution in [2.45, 2.75) is 19.3 Å². The Morgan fingerprint density at radius 3 is 2.67 bits per heavy atom. The minimum Gasteiger partial charge on any atom is -0.309 e. The molecule has 2 heterocycles. The van der Waals surface area contributed by atoms with Gasteiger partial charge in [-0.3, -0.25) is 5.10 Å². The third-order valence-electron chi connectivity index (χ3n) is 2.17. The lowest BCUT2D eigenvalue weighted by molar-refractivity contribution is 0.474. The van der Waals surface area contributed by atoms with Crippen molar-refractivity contribution in [1.29, 1.82) is 0 Å². The van der Waals surface area contributed by atoms with Gasteiger partial charge in [0.05, 0.1) is 0 Å². The average molecular weight is 184 g/mol. The number of hydrogen-bond donors (Lipinski definition) is 1. The molecule has 1 N–H and O–H groups in total. The molecule has 1 saturated heterocycles. The number of aromatic nitrogens is 3. The number of hydrogen-bond acceptors (Lipinski definition) is 3. The summed E-state index contributed by atoms with van der Waals surface area (Å²) >= 11 is 5.07. The van der Waals surface area contributed by atoms with Crippen molar-refractivity contribution in [2.75, 3.05) is 18.1 Å². The van der Waals surface area contributed by atoms with Crippen molar-refractivity contribution in [3.8, 4) is 0 Å². The van der Waals surface area contributed by atoms with Crippen molar-refractivity contribution in [1.82, 2.24) is 14.9 Å². The summed E-state index contributed by atoms with van der Waals surface area (Å²) in [6.07, 6.45) is 5.59. The highest BCUT2D eigenvalue weighted by molar-refractivity contribution is 7.71. The molecule has 2 rings (SSSR count). The lowest BCUT2D eigenvalue weighted by Crippen LogP contribution is -2.38. The Morgan fingerprint density at radius 1 is 1.33 bits per heavy atom. The van der Waals surface area contributed by atoms with Gasteiger partial charge in [-0.05, 0) is 31.5 Å². The average Bonchev–Trinajstić information content (AvgIpc) is 2.53. The van der Waals surface area contributed by atoms with E-state index in [1.165, 1.54) is 19.3 Å². The maximum Gasteiger partial charge on any atom is 0.214 e. The highest BCUT2D eigenvalue weighted by Gasteiger charge is 2.10. The minimum atomic E-state index is 0.692. The maximum atomic E-state index is 5.07. The lowest BCUT2D eigenvalue weighted by Gasteiger charge is -2.28. The van der Waals surface area contributed by atoms with E-state index < -0.39 is 0 Å². The molecule has 12 heavy (non-hydrogen) atoms. The molecular formula is C7H12N4S. The van der Waals surface area contributed by atoms with Crippen LogP contribution in [0, 0.1) is 4.77 Å². The Labute approximate surface area is 76.2 Å². The van der Waals surface area contributed by atoms with E-state index >= 15 is 0 Å². The molecule has 0 spiro atoms. The molecule has 0 atom stereocenters. The summed E-state index contributed by atoms with van der Waals surface area (Å²) in [4.78, 5) is 0. The van der Waals surface area contributed by atoms with Gasteiger partial charge >= 0.3 is 0 Å². The molecule has 1 fully saturated rings. The lowest BCUT2D eigenvalue weighted by atomic mass is 10.2. The third kappa shape index (κ3) is 1.36. The van der Waals surface area contributed by atoms with E-state index in [1.807, 2.05) is 4.68 Å². The van der Waals surface area contributed by atoms with Gasteiger partial charge in [-0.2, -0.15) is 5.10 Å². The quantitative estimate of drug-likeness (QED) is 0.663. The zero-order valence-corrected chi connectivity index (χ0v) is 7.68. The fraction of sp³-hybridized carbons (Fsp3) is 0.714. The van der Waals surface area contributed by atoms with Gasteiger partial charge in [-0.25, -0.2) is 4.68 Å². The molecule has 0 amide bonds. The van der Waals surface area contributed by atoms with Gasteiger partial charge in [0.1, 0.15) is 6.33 Å². The van der Waals surface area contributed by atoms with E-state index in [0.717, 1.165) is 13.1 Å². The summed E-state index contributed by atoms with van der Waals surface area (Å²) in [6.45, 7) is 2.18. The van der Waals surface area contributed by atoms with Crippen molar-refractivity contribution >= 4 is 12.2 Å². The van der Waals surface area contributed by atoms with Crippen LogP contribution in [-0.2, 0) is 0 Å². The molecular weight excluding hydrogens is 172 g/mol. The molecule has 1 aromatic heterocycles. The van der Waals surface area contributed by atoms with Gasteiger partial charge in [0.2, 0.25) is 4.77 Å². The highest BCUT2D eigenvalue weighted by atomic mass is 32.1. The molecule has 0 unspecified atom stereocenters. The second-order valence-electron chi connectivity index (χ2n) is 3.02. The number of nitrogens with zero attached hydrogens (tertiary/aromatic N) is 3. The summed E-state index contributed by atoms with van der Waals surface area (Å²) in [7, 11) is 0. The van der Waals surface area contributed by atoms with E-state index in [9.17, 15) is 0 Å². The molecule has 1 aliphatic heterocycles. The Kier molecular flexibility index (Phi) is 2.12. The molecule has 0 saturated carbocycles. The Bertz CT molecular complexity index is 296. The number of piperidine rings is 1. The van der Waals surface area contributed by atoms with Crippen LogP contribution in [0.1, 0.15) is 19.3 Å². The van der Waals surface area contributed by atoms with E-state index in [4.69, 9.17) is 12.2 Å². The van der Waals surface area contributed by atoms with Gasteiger partial charge in [0.25, 0.3) is 0 Å². The van der Waals surface area contributed by atoms with Gasteiger partial charge in [0.15, 0.2) is 0 Å². The third-order valence-corrected chi connectivity index (χ3v) is 2.45. The standard InChI is InChI=1S/C7H12N4S/c12-7-9-8-6-11(7)10-4-2-1-3-5-10/h6H,1-5H2,(H,9,12). The van der Waals surface area contributed by atoms with Crippen LogP contribution in [0.4, 0.5) is 0 Å². The van der Waals surface area contributed by atoms with E-state index in [-0.39, 0.29) is 0 Å². The summed E-state index contributed by atoms with van der Waals surface area (Å²) in [6, 6.07) is 0. The summed E-state index contributed by atoms with van der Waals surface area (Å²) in [5.41, 5.74) is 0. The first kappa shape index (κ1) is 7.79. The van der Waals surface area contributed by atoms with E-state index in [0.29, 0.717) is 4.77 Å². The van der Waals surface area contributed by atoms with Crippen LogP contribution >= 0.6 is 12.2 Å². The van der Waals surface area contributed by atoms with Gasteiger partial charge in [0, 0.05) is 13.1 Å². The van der Waals surface area contributed by atoms with Crippen molar-refractivity contribution in [2.24, 2.45) is 0 Å². The zero-order valence-electron chi connectivity index (χ0n) is 6.86. The van der Waals surface area contributed by atoms with E-state index in [1.54, 1.807) is 6.33 Å². The number of nitrogens with one attached hydrogen (secondary N) is 1. The van der Waals surface area contributed by atoms with Gasteiger partial charge in [-0.15, -0.1) is 0 Å². The molecule has 1 aliphatic rings. The number of aromatic amines is 1. The highest BCUT2D eigenvalue weighted by Crippen LogP contribution is 2.07. The second kappa shape index (κ2) is 3.26. The molecule has 1 aromatic rings. The minimum absolute atomic E-state index is 0.692. The molecule has 0 bridgehead atoms. The van der Waals surface area contributed by atoms with Crippen molar-refractivity contribution < 1.29 is 0 Å². The number of H-pyrrole nitrogens is 1. The van der Waals surface area contributed by atoms with E-state index in [2.05, 4.69) is 15.2 Å². The monoisotopic (exact) mass is 184 g/mol. The zero-order chi connectivity index (χ0) is 8.39. The van der Waals surface area contributed by atoms with Crippen molar-refractivity contribution in [3.05, 3.63) is 11.1 Å². The molecule has 0 aliphatic carbocycles. The van der Waals surface area contributed by atoms with Crippen LogP contribution in [0.2, 0.25) is 0 Å². The Hall–Kier alpha value is -0.840. The SMILES string of the molecule is S=c1[nH]ncn1N1CCCCC1. The van der Waals surface area contributed by atoms with Crippen LogP contribution in [-0.4, -0.2) is 28.0 Å². The Balaban J connectivity index is 2.18. The first-order chi connectivity index (χ1) is 5.88. The fourth-order valence-electron chi connectivity index (χ4n) is 1.54. The first-order valence-electron chi connectivity index (χ1n) is 4.25. The number of rotatable bonds is 1. The van der Waals surface area contributed by atoms with Crippen LogP contribution < -0.4 is 5.01 Å². The first-order valence-corrected chi connectivity index (χ1v) is 4.66. The Morgan fingerprint density at radius 2 is 2.08 bits per heavy atom. The fourth-order valence-corrected chi connectivity index (χ4v) is 1.75. The molecule has 5 heteroatoms. The molecule has 4 nitrogen and oxygen atoms in total. The second-order valence-corrected chi connectivity index (χ2v) is 3.41. The normalized spacial score (nSPS) is 18.2.